The van der Waals surface area contributed by atoms with E-state index in [1.165, 1.54) is 22.3 Å². The van der Waals surface area contributed by atoms with Gasteiger partial charge in [-0.2, -0.15) is 0 Å². The number of aryl methyl sites for hydroxylation is 2. The van der Waals surface area contributed by atoms with Gasteiger partial charge >= 0.3 is 0 Å². The zero-order valence-corrected chi connectivity index (χ0v) is 9.56. The van der Waals surface area contributed by atoms with Crippen molar-refractivity contribution in [3.05, 3.63) is 47.0 Å². The second-order valence-corrected chi connectivity index (χ2v) is 3.94. The Morgan fingerprint density at radius 1 is 1.14 bits per heavy atom. The van der Waals surface area contributed by atoms with Gasteiger partial charge in [0.05, 0.1) is 0 Å². The summed E-state index contributed by atoms with van der Waals surface area (Å²) in [5.74, 6) is 0. The molecule has 76 valence electrons. The highest BCUT2D eigenvalue weighted by molar-refractivity contribution is 5.34. The lowest BCUT2D eigenvalue weighted by molar-refractivity contribution is 1.02. The molecule has 0 N–H and O–H groups in total. The van der Waals surface area contributed by atoms with Crippen LogP contribution in [0.3, 0.4) is 0 Å². The molecule has 0 heteroatoms. The van der Waals surface area contributed by atoms with Gasteiger partial charge in [0.25, 0.3) is 0 Å². The Morgan fingerprint density at radius 2 is 1.86 bits per heavy atom. The van der Waals surface area contributed by atoms with Gasteiger partial charge in [-0.15, -0.1) is 0 Å². The van der Waals surface area contributed by atoms with Crippen molar-refractivity contribution in [2.45, 2.75) is 40.0 Å². The average Bonchev–Trinajstić information content (AvgIpc) is 2.17. The first-order chi connectivity index (χ1) is 6.67. The molecule has 0 aromatic heterocycles. The summed E-state index contributed by atoms with van der Waals surface area (Å²) in [5, 5.41) is 0. The van der Waals surface area contributed by atoms with Gasteiger partial charge in [0, 0.05) is 0 Å². The van der Waals surface area contributed by atoms with Gasteiger partial charge < -0.3 is 0 Å². The van der Waals surface area contributed by atoms with Crippen LogP contribution >= 0.6 is 0 Å². The summed E-state index contributed by atoms with van der Waals surface area (Å²) in [5.41, 5.74) is 5.60. The molecule has 0 saturated carbocycles. The van der Waals surface area contributed by atoms with E-state index >= 15 is 0 Å². The molecule has 0 amide bonds. The fourth-order valence-corrected chi connectivity index (χ4v) is 1.73. The smallest absolute Gasteiger partial charge is 0.00698 e. The summed E-state index contributed by atoms with van der Waals surface area (Å²) in [4.78, 5) is 0. The van der Waals surface area contributed by atoms with Crippen LogP contribution < -0.4 is 0 Å². The maximum Gasteiger partial charge on any atom is -0.00698 e. The molecule has 1 aromatic carbocycles. The van der Waals surface area contributed by atoms with E-state index in [9.17, 15) is 0 Å². The third-order valence-corrected chi connectivity index (χ3v) is 2.55. The van der Waals surface area contributed by atoms with Crippen molar-refractivity contribution in [1.82, 2.24) is 0 Å². The second kappa shape index (κ2) is 4.99. The molecule has 0 aliphatic carbocycles. The highest BCUT2D eigenvalue weighted by Gasteiger charge is 2.01. The van der Waals surface area contributed by atoms with Crippen LogP contribution in [0.1, 0.15) is 37.5 Å². The highest BCUT2D eigenvalue weighted by Crippen LogP contribution is 2.16. The first-order valence-corrected chi connectivity index (χ1v) is 5.42. The van der Waals surface area contributed by atoms with Crippen molar-refractivity contribution in [3.63, 3.8) is 0 Å². The van der Waals surface area contributed by atoms with Crippen LogP contribution in [0.2, 0.25) is 0 Å². The molecule has 0 heterocycles. The fraction of sp³-hybridized carbons (Fsp3) is 0.429. The van der Waals surface area contributed by atoms with E-state index < -0.39 is 0 Å². The monoisotopic (exact) mass is 188 g/mol. The van der Waals surface area contributed by atoms with E-state index in [0.29, 0.717) is 0 Å². The van der Waals surface area contributed by atoms with Crippen LogP contribution in [-0.4, -0.2) is 0 Å². The molecule has 0 fully saturated rings. The Hall–Kier alpha value is -1.04. The molecule has 1 aromatic rings. The molecule has 0 saturated heterocycles. The Labute approximate surface area is 87.7 Å². The van der Waals surface area contributed by atoms with E-state index in [-0.39, 0.29) is 0 Å². The molecule has 0 unspecified atom stereocenters. The van der Waals surface area contributed by atoms with Gasteiger partial charge in [0.2, 0.25) is 0 Å². The summed E-state index contributed by atoms with van der Waals surface area (Å²) in [6.45, 7) is 10.5. The highest BCUT2D eigenvalue weighted by atomic mass is 14.1. The molecule has 1 rings (SSSR count). The van der Waals surface area contributed by atoms with Crippen LogP contribution in [-0.2, 0) is 19.3 Å². The lowest BCUT2D eigenvalue weighted by atomic mass is 9.96. The lowest BCUT2D eigenvalue weighted by Gasteiger charge is -2.09. The third-order valence-electron chi connectivity index (χ3n) is 2.55. The largest absolute Gasteiger partial charge is 0.0998 e. The molecule has 0 aliphatic rings. The summed E-state index contributed by atoms with van der Waals surface area (Å²) in [6, 6.07) is 6.82. The minimum absolute atomic E-state index is 1.02. The van der Waals surface area contributed by atoms with Gasteiger partial charge in [-0.05, 0) is 42.9 Å². The lowest BCUT2D eigenvalue weighted by Crippen LogP contribution is -1.95. The predicted molar refractivity (Wildman–Crippen MR) is 63.7 cm³/mol. The van der Waals surface area contributed by atoms with E-state index in [2.05, 4.69) is 45.5 Å². The quantitative estimate of drug-likeness (QED) is 0.628. The number of hydrogen-bond acceptors (Lipinski definition) is 0. The van der Waals surface area contributed by atoms with Crippen LogP contribution in [0.4, 0.5) is 0 Å². The minimum Gasteiger partial charge on any atom is -0.0998 e. The predicted octanol–water partition coefficient (Wildman–Crippen LogP) is 3.93. The Morgan fingerprint density at radius 3 is 2.36 bits per heavy atom. The van der Waals surface area contributed by atoms with Gasteiger partial charge in [-0.3, -0.25) is 0 Å². The molecule has 0 atom stereocenters. The van der Waals surface area contributed by atoms with Crippen molar-refractivity contribution >= 4 is 0 Å². The second-order valence-electron chi connectivity index (χ2n) is 3.94. The zero-order valence-electron chi connectivity index (χ0n) is 9.56. The molecule has 0 radical (unpaired) electrons. The van der Waals surface area contributed by atoms with Crippen LogP contribution in [0.15, 0.2) is 30.4 Å². The van der Waals surface area contributed by atoms with E-state index in [1.54, 1.807) is 0 Å². The normalized spacial score (nSPS) is 10.2. The van der Waals surface area contributed by atoms with Gasteiger partial charge in [0.1, 0.15) is 0 Å². The van der Waals surface area contributed by atoms with E-state index in [4.69, 9.17) is 0 Å². The van der Waals surface area contributed by atoms with E-state index in [1.807, 2.05) is 0 Å². The molecular formula is C14H20. The number of allylic oxidation sites excluding steroid dienone is 1. The van der Waals surface area contributed by atoms with Crippen LogP contribution in [0.25, 0.3) is 0 Å². The third kappa shape index (κ3) is 2.73. The zero-order chi connectivity index (χ0) is 10.6. The van der Waals surface area contributed by atoms with E-state index in [0.717, 1.165) is 19.3 Å². The minimum atomic E-state index is 1.02. The average molecular weight is 188 g/mol. The summed E-state index contributed by atoms with van der Waals surface area (Å²) >= 11 is 0. The summed E-state index contributed by atoms with van der Waals surface area (Å²) < 4.78 is 0. The Bertz CT molecular complexity index is 321. The number of benzene rings is 1. The first-order valence-electron chi connectivity index (χ1n) is 5.42. The molecule has 0 bridgehead atoms. The first kappa shape index (κ1) is 11.0. The van der Waals surface area contributed by atoms with Gasteiger partial charge in [-0.25, -0.2) is 0 Å². The van der Waals surface area contributed by atoms with Crippen molar-refractivity contribution in [1.29, 1.82) is 0 Å². The number of rotatable bonds is 4. The SMILES string of the molecule is C=C(C)Cc1ccc(CC)cc1CC. The Kier molecular flexibility index (Phi) is 3.94. The van der Waals surface area contributed by atoms with Gasteiger partial charge in [-0.1, -0.05) is 44.2 Å². The Balaban J connectivity index is 2.98. The molecule has 0 spiro atoms. The maximum absolute atomic E-state index is 3.97. The summed E-state index contributed by atoms with van der Waals surface area (Å²) in [6.07, 6.45) is 3.27. The van der Waals surface area contributed by atoms with Crippen LogP contribution in [0, 0.1) is 0 Å². The number of hydrogen-bond donors (Lipinski definition) is 0. The molecule has 0 nitrogen and oxygen atoms in total. The maximum atomic E-state index is 3.97. The van der Waals surface area contributed by atoms with Crippen molar-refractivity contribution in [2.75, 3.05) is 0 Å². The topological polar surface area (TPSA) is 0 Å². The van der Waals surface area contributed by atoms with Gasteiger partial charge in [0.15, 0.2) is 0 Å². The fourth-order valence-electron chi connectivity index (χ4n) is 1.73. The molecule has 14 heavy (non-hydrogen) atoms. The van der Waals surface area contributed by atoms with Crippen molar-refractivity contribution in [3.8, 4) is 0 Å². The summed E-state index contributed by atoms with van der Waals surface area (Å²) in [7, 11) is 0. The van der Waals surface area contributed by atoms with Crippen molar-refractivity contribution < 1.29 is 0 Å². The van der Waals surface area contributed by atoms with Crippen LogP contribution in [0.5, 0.6) is 0 Å². The molecule has 0 aliphatic heterocycles. The standard InChI is InChI=1S/C14H20/c1-5-12-7-8-14(9-11(3)4)13(6-2)10-12/h7-8,10H,3,5-6,9H2,1-2,4H3. The van der Waals surface area contributed by atoms with Crippen molar-refractivity contribution in [2.24, 2.45) is 0 Å². The molecular weight excluding hydrogens is 168 g/mol.